The van der Waals surface area contributed by atoms with Crippen molar-refractivity contribution < 1.29 is 14.3 Å². The molecule has 1 rings (SSSR count). The van der Waals surface area contributed by atoms with E-state index >= 15 is 0 Å². The van der Waals surface area contributed by atoms with Gasteiger partial charge in [0.05, 0.1) is 13.2 Å². The lowest BCUT2D eigenvalue weighted by Gasteiger charge is -2.12. The van der Waals surface area contributed by atoms with Crippen molar-refractivity contribution in [3.05, 3.63) is 0 Å². The number of rotatable bonds is 7. The number of esters is 1. The van der Waals surface area contributed by atoms with Crippen molar-refractivity contribution in [3.63, 3.8) is 0 Å². The Bertz CT molecular complexity index is 180. The van der Waals surface area contributed by atoms with Crippen molar-refractivity contribution in [2.24, 2.45) is 5.92 Å². The Morgan fingerprint density at radius 2 is 2.29 bits per heavy atom. The Labute approximate surface area is 85.0 Å². The predicted molar refractivity (Wildman–Crippen MR) is 53.0 cm³/mol. The van der Waals surface area contributed by atoms with E-state index in [4.69, 9.17) is 9.47 Å². The maximum Gasteiger partial charge on any atom is 0.320 e. The number of carbonyl (C=O) groups is 1. The molecule has 0 heterocycles. The number of hydrogen-bond acceptors (Lipinski definition) is 4. The molecule has 1 aliphatic carbocycles. The summed E-state index contributed by atoms with van der Waals surface area (Å²) in [6.45, 7) is 3.52. The van der Waals surface area contributed by atoms with Crippen molar-refractivity contribution >= 4 is 5.97 Å². The first-order chi connectivity index (χ1) is 6.72. The molecule has 0 radical (unpaired) electrons. The van der Waals surface area contributed by atoms with Crippen LogP contribution < -0.4 is 5.32 Å². The van der Waals surface area contributed by atoms with Gasteiger partial charge in [0.1, 0.15) is 6.10 Å². The topological polar surface area (TPSA) is 47.6 Å². The van der Waals surface area contributed by atoms with Gasteiger partial charge in [0.15, 0.2) is 0 Å². The second-order valence-electron chi connectivity index (χ2n) is 3.83. The number of nitrogens with one attached hydrogen (secondary N) is 1. The number of hydrogen-bond donors (Lipinski definition) is 1. The van der Waals surface area contributed by atoms with Gasteiger partial charge in [-0.05, 0) is 32.2 Å². The fourth-order valence-corrected chi connectivity index (χ4v) is 1.24. The van der Waals surface area contributed by atoms with Crippen LogP contribution in [0.4, 0.5) is 0 Å². The molecule has 1 saturated carbocycles. The summed E-state index contributed by atoms with van der Waals surface area (Å²) in [6.07, 6.45) is 2.43. The van der Waals surface area contributed by atoms with Gasteiger partial charge in [-0.2, -0.15) is 0 Å². The zero-order valence-electron chi connectivity index (χ0n) is 8.91. The molecule has 1 N–H and O–H groups in total. The molecule has 0 amide bonds. The maximum atomic E-state index is 11.2. The first-order valence-corrected chi connectivity index (χ1v) is 5.11. The number of methoxy groups -OCH3 is 1. The lowest BCUT2D eigenvalue weighted by Crippen LogP contribution is -2.30. The Morgan fingerprint density at radius 3 is 2.86 bits per heavy atom. The van der Waals surface area contributed by atoms with Crippen LogP contribution in [-0.4, -0.2) is 38.9 Å². The molecule has 0 aromatic heterocycles. The Kier molecular flexibility index (Phi) is 4.90. The molecule has 0 aromatic carbocycles. The average molecular weight is 201 g/mol. The highest BCUT2D eigenvalue weighted by atomic mass is 16.6. The summed E-state index contributed by atoms with van der Waals surface area (Å²) in [7, 11) is 1.59. The summed E-state index contributed by atoms with van der Waals surface area (Å²) in [6, 6.07) is 0. The maximum absolute atomic E-state index is 11.2. The fourth-order valence-electron chi connectivity index (χ4n) is 1.24. The Hall–Kier alpha value is -0.610. The summed E-state index contributed by atoms with van der Waals surface area (Å²) < 4.78 is 9.93. The molecule has 0 aliphatic heterocycles. The zero-order chi connectivity index (χ0) is 10.4. The second-order valence-corrected chi connectivity index (χ2v) is 3.83. The van der Waals surface area contributed by atoms with E-state index in [0.717, 1.165) is 12.5 Å². The van der Waals surface area contributed by atoms with E-state index in [1.807, 2.05) is 6.92 Å². The van der Waals surface area contributed by atoms with E-state index in [-0.39, 0.29) is 12.1 Å². The Balaban J connectivity index is 1.96. The molecule has 14 heavy (non-hydrogen) atoms. The minimum Gasteiger partial charge on any atom is -0.459 e. The molecule has 0 spiro atoms. The van der Waals surface area contributed by atoms with Crippen LogP contribution in [0.15, 0.2) is 0 Å². The summed E-state index contributed by atoms with van der Waals surface area (Å²) in [5.74, 6) is 0.592. The van der Waals surface area contributed by atoms with E-state index in [0.29, 0.717) is 13.2 Å². The highest BCUT2D eigenvalue weighted by Gasteiger charge is 2.20. The molecule has 1 aliphatic rings. The molecule has 0 bridgehead atoms. The van der Waals surface area contributed by atoms with Crippen LogP contribution in [0.3, 0.4) is 0 Å². The molecule has 0 saturated heterocycles. The molecular weight excluding hydrogens is 182 g/mol. The van der Waals surface area contributed by atoms with E-state index in [9.17, 15) is 4.79 Å². The first kappa shape index (κ1) is 11.5. The molecule has 82 valence electrons. The van der Waals surface area contributed by atoms with Crippen LogP contribution in [0, 0.1) is 5.92 Å². The van der Waals surface area contributed by atoms with Crippen LogP contribution in [0.25, 0.3) is 0 Å². The third-order valence-electron chi connectivity index (χ3n) is 2.13. The van der Waals surface area contributed by atoms with E-state index in [1.165, 1.54) is 12.8 Å². The van der Waals surface area contributed by atoms with Crippen molar-refractivity contribution in [2.45, 2.75) is 25.9 Å². The van der Waals surface area contributed by atoms with Crippen LogP contribution in [0.2, 0.25) is 0 Å². The highest BCUT2D eigenvalue weighted by molar-refractivity contribution is 5.71. The average Bonchev–Trinajstić information content (AvgIpc) is 2.88. The van der Waals surface area contributed by atoms with Gasteiger partial charge in [0.2, 0.25) is 0 Å². The molecular formula is C10H19NO3. The van der Waals surface area contributed by atoms with E-state index < -0.39 is 0 Å². The molecule has 1 atom stereocenters. The molecule has 4 heteroatoms. The Morgan fingerprint density at radius 1 is 1.57 bits per heavy atom. The smallest absolute Gasteiger partial charge is 0.320 e. The number of carbonyl (C=O) groups excluding carboxylic acids is 1. The van der Waals surface area contributed by atoms with Gasteiger partial charge >= 0.3 is 5.97 Å². The lowest BCUT2D eigenvalue weighted by atomic mass is 10.4. The first-order valence-electron chi connectivity index (χ1n) is 5.11. The second kappa shape index (κ2) is 5.98. The van der Waals surface area contributed by atoms with Gasteiger partial charge in [0.25, 0.3) is 0 Å². The van der Waals surface area contributed by atoms with Crippen LogP contribution >= 0.6 is 0 Å². The summed E-state index contributed by atoms with van der Waals surface area (Å²) in [4.78, 5) is 11.2. The third-order valence-corrected chi connectivity index (χ3v) is 2.13. The van der Waals surface area contributed by atoms with Gasteiger partial charge in [-0.3, -0.25) is 4.79 Å². The molecule has 0 aromatic rings. The predicted octanol–water partition coefficient (Wildman–Crippen LogP) is 0.564. The van der Waals surface area contributed by atoms with E-state index in [1.54, 1.807) is 7.11 Å². The van der Waals surface area contributed by atoms with Gasteiger partial charge in [-0.15, -0.1) is 0 Å². The molecule has 1 fully saturated rings. The largest absolute Gasteiger partial charge is 0.459 e. The van der Waals surface area contributed by atoms with Gasteiger partial charge in [0, 0.05) is 7.11 Å². The zero-order valence-corrected chi connectivity index (χ0v) is 8.91. The van der Waals surface area contributed by atoms with Crippen LogP contribution in [-0.2, 0) is 14.3 Å². The third kappa shape index (κ3) is 5.19. The van der Waals surface area contributed by atoms with Crippen molar-refractivity contribution in [1.29, 1.82) is 0 Å². The molecule has 4 nitrogen and oxygen atoms in total. The fraction of sp³-hybridized carbons (Fsp3) is 0.900. The number of ether oxygens (including phenoxy) is 2. The van der Waals surface area contributed by atoms with Crippen LogP contribution in [0.1, 0.15) is 19.8 Å². The van der Waals surface area contributed by atoms with Crippen LogP contribution in [0.5, 0.6) is 0 Å². The standard InChI is InChI=1S/C10H19NO3/c1-8(7-13-2)14-10(12)6-11-5-9-3-4-9/h8-9,11H,3-7H2,1-2H3. The summed E-state index contributed by atoms with van der Waals surface area (Å²) in [5, 5.41) is 3.08. The SMILES string of the molecule is COCC(C)OC(=O)CNCC1CC1. The van der Waals surface area contributed by atoms with Gasteiger partial charge < -0.3 is 14.8 Å². The highest BCUT2D eigenvalue weighted by Crippen LogP contribution is 2.27. The van der Waals surface area contributed by atoms with Crippen molar-refractivity contribution in [3.8, 4) is 0 Å². The molecule has 1 unspecified atom stereocenters. The van der Waals surface area contributed by atoms with Crippen molar-refractivity contribution in [1.82, 2.24) is 5.32 Å². The van der Waals surface area contributed by atoms with Gasteiger partial charge in [-0.25, -0.2) is 0 Å². The minimum absolute atomic E-state index is 0.157. The van der Waals surface area contributed by atoms with Crippen molar-refractivity contribution in [2.75, 3.05) is 26.8 Å². The van der Waals surface area contributed by atoms with Gasteiger partial charge in [-0.1, -0.05) is 0 Å². The summed E-state index contributed by atoms with van der Waals surface area (Å²) in [5.41, 5.74) is 0. The normalized spacial score (nSPS) is 17.9. The monoisotopic (exact) mass is 201 g/mol. The van der Waals surface area contributed by atoms with E-state index in [2.05, 4.69) is 5.32 Å². The minimum atomic E-state index is -0.199. The quantitative estimate of drug-likeness (QED) is 0.612. The lowest BCUT2D eigenvalue weighted by molar-refractivity contribution is -0.149. The summed E-state index contributed by atoms with van der Waals surface area (Å²) >= 11 is 0.